The average Bonchev–Trinajstić information content (AvgIpc) is 3.09. The maximum Gasteiger partial charge on any atom is 0.164 e. The molecule has 0 spiro atoms. The van der Waals surface area contributed by atoms with Gasteiger partial charge in [0.2, 0.25) is 0 Å². The largest absolute Gasteiger partial charge is 0.512 e. The van der Waals surface area contributed by atoms with Crippen LogP contribution < -0.4 is 4.74 Å². The van der Waals surface area contributed by atoms with Crippen molar-refractivity contribution in [3.8, 4) is 22.8 Å². The second-order valence-electron chi connectivity index (χ2n) is 18.4. The zero-order chi connectivity index (χ0) is 39.1. The molecule has 291 valence electrons. The number of aliphatic hydroxyl groups excluding tert-OH is 1. The van der Waals surface area contributed by atoms with Crippen molar-refractivity contribution in [1.82, 2.24) is 4.98 Å². The van der Waals surface area contributed by atoms with Gasteiger partial charge >= 0.3 is 0 Å². The Balaban J connectivity index is 0.000000309. The summed E-state index contributed by atoms with van der Waals surface area (Å²) in [5, 5.41) is 17.1. The summed E-state index contributed by atoms with van der Waals surface area (Å²) in [6.45, 7) is 28.0. The second kappa shape index (κ2) is 16.3. The topological polar surface area (TPSA) is 59.4 Å². The number of ketones is 1. The predicted octanol–water partition coefficient (Wildman–Crippen LogP) is 14.2. The Kier molecular flexibility index (Phi) is 13.0. The number of ether oxygens (including phenoxy) is 1. The zero-order valence-corrected chi connectivity index (χ0v) is 37.5. The van der Waals surface area contributed by atoms with E-state index in [-0.39, 0.29) is 53.3 Å². The zero-order valence-electron chi connectivity index (χ0n) is 35.1. The molecular weight excluding hydrogens is 843 g/mol. The summed E-state index contributed by atoms with van der Waals surface area (Å²) in [4.78, 5) is 17.1. The molecule has 1 aromatic heterocycles. The smallest absolute Gasteiger partial charge is 0.164 e. The van der Waals surface area contributed by atoms with Crippen LogP contribution in [0, 0.1) is 34.7 Å². The van der Waals surface area contributed by atoms with Crippen LogP contribution in [0.15, 0.2) is 66.6 Å². The first-order valence-corrected chi connectivity index (χ1v) is 19.7. The van der Waals surface area contributed by atoms with E-state index in [2.05, 4.69) is 103 Å². The van der Waals surface area contributed by atoms with Crippen molar-refractivity contribution in [2.24, 2.45) is 21.7 Å². The molecule has 1 aliphatic rings. The molecule has 0 fully saturated rings. The van der Waals surface area contributed by atoms with Gasteiger partial charge in [-0.2, -0.15) is 0 Å². The third-order valence-corrected chi connectivity index (χ3v) is 11.6. The molecule has 4 nitrogen and oxygen atoms in total. The molecule has 0 aliphatic carbocycles. The van der Waals surface area contributed by atoms with Crippen molar-refractivity contribution in [2.45, 2.75) is 129 Å². The fourth-order valence-electron chi connectivity index (χ4n) is 7.35. The van der Waals surface area contributed by atoms with E-state index in [0.717, 1.165) is 82.8 Å². The molecule has 1 radical (unpaired) electrons. The van der Waals surface area contributed by atoms with Gasteiger partial charge in [-0.05, 0) is 84.7 Å². The van der Waals surface area contributed by atoms with Gasteiger partial charge in [-0.3, -0.25) is 9.78 Å². The number of fused-ring (bicyclic) bond motifs is 5. The average molecular weight is 905 g/mol. The summed E-state index contributed by atoms with van der Waals surface area (Å²) in [5.41, 5.74) is 5.54. The van der Waals surface area contributed by atoms with Crippen molar-refractivity contribution < 1.29 is 34.7 Å². The number of rotatable bonds is 9. The van der Waals surface area contributed by atoms with Gasteiger partial charge in [0.1, 0.15) is 11.5 Å². The number of pyridine rings is 1. The molecule has 1 aliphatic heterocycles. The third-order valence-electron chi connectivity index (χ3n) is 11.6. The van der Waals surface area contributed by atoms with Crippen LogP contribution in [0.5, 0.6) is 11.5 Å². The predicted molar refractivity (Wildman–Crippen MR) is 225 cm³/mol. The Bertz CT molecular complexity index is 2190. The summed E-state index contributed by atoms with van der Waals surface area (Å²) in [6.07, 6.45) is 8.64. The van der Waals surface area contributed by atoms with Crippen molar-refractivity contribution in [3.05, 3.63) is 89.3 Å². The normalized spacial score (nSPS) is 13.2. The Morgan fingerprint density at radius 1 is 0.759 bits per heavy atom. The number of hydrogen-bond acceptors (Lipinski definition) is 4. The van der Waals surface area contributed by atoms with Gasteiger partial charge in [0.25, 0.3) is 0 Å². The van der Waals surface area contributed by atoms with Crippen molar-refractivity contribution in [3.63, 3.8) is 0 Å². The molecule has 0 bridgehead atoms. The minimum absolute atomic E-state index is 0. The maximum absolute atomic E-state index is 12.2. The van der Waals surface area contributed by atoms with E-state index < -0.39 is 0 Å². The SMILES string of the molecule is CCC(C)(CC)C(=O)/C=C(\O)C(C)(CC)CC.Cc1ccc2c(CC(C)(C)C)c3c([c-]c2c1)-c1nccc2cc4cc(CC(C)(C)C)ccc4c(c12)O3.[Ir]. The summed E-state index contributed by atoms with van der Waals surface area (Å²) in [6, 6.07) is 21.6. The van der Waals surface area contributed by atoms with Crippen LogP contribution in [0.3, 0.4) is 0 Å². The molecular formula is C49H62IrNO3-. The number of allylic oxidation sites excluding steroid dienone is 2. The van der Waals surface area contributed by atoms with Crippen LogP contribution in [-0.2, 0) is 37.7 Å². The van der Waals surface area contributed by atoms with E-state index in [9.17, 15) is 9.90 Å². The van der Waals surface area contributed by atoms with Gasteiger partial charge in [0.05, 0.1) is 5.75 Å². The molecule has 5 aromatic rings. The first-order chi connectivity index (χ1) is 24.8. The van der Waals surface area contributed by atoms with Crippen LogP contribution in [0.1, 0.15) is 125 Å². The number of aliphatic hydroxyl groups is 1. The molecule has 0 atom stereocenters. The van der Waals surface area contributed by atoms with Crippen LogP contribution in [0.25, 0.3) is 43.6 Å². The van der Waals surface area contributed by atoms with E-state index >= 15 is 0 Å². The number of aromatic nitrogens is 1. The van der Waals surface area contributed by atoms with E-state index in [1.165, 1.54) is 33.5 Å². The fraction of sp³-hybridized carbons (Fsp3) is 0.469. The molecule has 54 heavy (non-hydrogen) atoms. The van der Waals surface area contributed by atoms with Gasteiger partial charge < -0.3 is 9.84 Å². The van der Waals surface area contributed by atoms with Gasteiger partial charge in [-0.15, -0.1) is 17.5 Å². The van der Waals surface area contributed by atoms with Crippen molar-refractivity contribution >= 4 is 38.1 Å². The first-order valence-electron chi connectivity index (χ1n) is 19.7. The number of carbonyl (C=O) groups is 1. The summed E-state index contributed by atoms with van der Waals surface area (Å²) >= 11 is 0. The summed E-state index contributed by atoms with van der Waals surface area (Å²) in [5.74, 6) is 2.13. The molecule has 6 rings (SSSR count). The fourth-order valence-corrected chi connectivity index (χ4v) is 7.35. The van der Waals surface area contributed by atoms with Gasteiger partial charge in [-0.1, -0.05) is 135 Å². The maximum atomic E-state index is 12.2. The number of nitrogens with zero attached hydrogens (tertiary/aromatic N) is 1. The second-order valence-corrected chi connectivity index (χ2v) is 18.4. The van der Waals surface area contributed by atoms with Gasteiger partial charge in [0.15, 0.2) is 5.78 Å². The molecule has 1 N–H and O–H groups in total. The number of benzene rings is 4. The standard InChI is InChI=1S/C34H34NO.C15H28O2.Ir/c1-20-8-10-25-23(14-20)17-27-30-29-22(12-13-35-30)16-24-15-21(18-33(2,3)4)9-11-26(24)32(29)36-31(27)28(25)19-34(5,6)7;1-7-14(5,8-2)12(16)11-13(17)15(6,9-3)10-4;/h8-16H,18-19H2,1-7H3;11,16H,7-10H2,1-6H3;/q-1;;/b;12-11-;. The third kappa shape index (κ3) is 8.95. The Morgan fingerprint density at radius 3 is 1.96 bits per heavy atom. The van der Waals surface area contributed by atoms with Gasteiger partial charge in [-0.25, -0.2) is 0 Å². The minimum atomic E-state index is -0.337. The molecule has 0 unspecified atom stereocenters. The van der Waals surface area contributed by atoms with E-state index in [1.54, 1.807) is 0 Å². The van der Waals surface area contributed by atoms with Crippen LogP contribution in [0.4, 0.5) is 0 Å². The van der Waals surface area contributed by atoms with E-state index in [0.29, 0.717) is 0 Å². The van der Waals surface area contributed by atoms with Crippen LogP contribution in [0.2, 0.25) is 0 Å². The molecule has 0 saturated heterocycles. The number of hydrogen-bond donors (Lipinski definition) is 1. The monoisotopic (exact) mass is 905 g/mol. The molecule has 5 heteroatoms. The summed E-state index contributed by atoms with van der Waals surface area (Å²) < 4.78 is 6.95. The Labute approximate surface area is 338 Å². The Morgan fingerprint density at radius 2 is 1.37 bits per heavy atom. The number of aryl methyl sites for hydroxylation is 1. The van der Waals surface area contributed by atoms with Crippen LogP contribution in [-0.4, -0.2) is 15.9 Å². The van der Waals surface area contributed by atoms with Crippen LogP contribution >= 0.6 is 0 Å². The molecule has 0 amide bonds. The Hall–Kier alpha value is -3.53. The van der Waals surface area contributed by atoms with E-state index in [4.69, 9.17) is 9.72 Å². The molecule has 0 saturated carbocycles. The molecule has 2 heterocycles. The van der Waals surface area contributed by atoms with Crippen molar-refractivity contribution in [2.75, 3.05) is 0 Å². The minimum Gasteiger partial charge on any atom is -0.512 e. The quantitative estimate of drug-likeness (QED) is 0.0680. The van der Waals surface area contributed by atoms with Crippen molar-refractivity contribution in [1.29, 1.82) is 0 Å². The van der Waals surface area contributed by atoms with E-state index in [1.807, 2.05) is 47.7 Å². The van der Waals surface area contributed by atoms with Gasteiger partial charge in [0, 0.05) is 59.7 Å². The molecule has 4 aromatic carbocycles. The number of carbonyl (C=O) groups excluding carboxylic acids is 1. The first kappa shape index (κ1) is 43.2. The summed E-state index contributed by atoms with van der Waals surface area (Å²) in [7, 11) is 0.